The number of likely N-dealkylation sites (N-methyl/N-ethyl adjacent to an activating group) is 1. The highest BCUT2D eigenvalue weighted by atomic mass is 19.1. The van der Waals surface area contributed by atoms with Gasteiger partial charge in [0, 0.05) is 18.5 Å². The summed E-state index contributed by atoms with van der Waals surface area (Å²) in [6.07, 6.45) is 3.30. The van der Waals surface area contributed by atoms with E-state index in [0.29, 0.717) is 6.04 Å². The van der Waals surface area contributed by atoms with Gasteiger partial charge in [0.2, 0.25) is 5.91 Å². The summed E-state index contributed by atoms with van der Waals surface area (Å²) in [6.45, 7) is 5.14. The molecule has 2 aliphatic rings. The Hall–Kier alpha value is -1.42. The predicted molar refractivity (Wildman–Crippen MR) is 80.5 cm³/mol. The summed E-state index contributed by atoms with van der Waals surface area (Å²) in [7, 11) is 0. The van der Waals surface area contributed by atoms with Crippen LogP contribution in [0.5, 0.6) is 0 Å². The zero-order valence-corrected chi connectivity index (χ0v) is 12.5. The van der Waals surface area contributed by atoms with E-state index >= 15 is 0 Å². The van der Waals surface area contributed by atoms with Crippen LogP contribution in [-0.4, -0.2) is 36.5 Å². The molecule has 3 rings (SSSR count). The molecule has 1 saturated heterocycles. The van der Waals surface area contributed by atoms with Crippen LogP contribution in [0, 0.1) is 11.7 Å². The fraction of sp³-hybridized carbons (Fsp3) is 0.588. The number of nitrogens with zero attached hydrogens (tertiary/aromatic N) is 1. The molecule has 1 aromatic rings. The SMILES string of the molecule is CCN1CCC[C@@H]1CNC(=O)[C@H]1C[C@@H]1c1ccc(F)cc1. The molecule has 3 atom stereocenters. The van der Waals surface area contributed by atoms with Gasteiger partial charge in [-0.2, -0.15) is 0 Å². The van der Waals surface area contributed by atoms with E-state index < -0.39 is 0 Å². The van der Waals surface area contributed by atoms with Crippen molar-refractivity contribution in [3.63, 3.8) is 0 Å². The van der Waals surface area contributed by atoms with Crippen molar-refractivity contribution in [2.45, 2.75) is 38.1 Å². The summed E-state index contributed by atoms with van der Waals surface area (Å²) in [5, 5.41) is 3.11. The number of likely N-dealkylation sites (tertiary alicyclic amines) is 1. The second-order valence-electron chi connectivity index (χ2n) is 6.17. The van der Waals surface area contributed by atoms with Crippen molar-refractivity contribution in [2.24, 2.45) is 5.92 Å². The highest BCUT2D eigenvalue weighted by Gasteiger charge is 2.44. The first-order chi connectivity index (χ1) is 10.2. The molecular formula is C17H23FN2O. The highest BCUT2D eigenvalue weighted by molar-refractivity contribution is 5.82. The molecule has 1 saturated carbocycles. The lowest BCUT2D eigenvalue weighted by Crippen LogP contribution is -2.40. The summed E-state index contributed by atoms with van der Waals surface area (Å²) >= 11 is 0. The zero-order chi connectivity index (χ0) is 14.8. The molecule has 1 aliphatic heterocycles. The normalized spacial score (nSPS) is 28.6. The Morgan fingerprint density at radius 2 is 2.14 bits per heavy atom. The molecule has 0 aromatic heterocycles. The Morgan fingerprint density at radius 3 is 2.86 bits per heavy atom. The number of amides is 1. The summed E-state index contributed by atoms with van der Waals surface area (Å²) in [5.74, 6) is 0.289. The van der Waals surface area contributed by atoms with E-state index in [1.54, 1.807) is 12.1 Å². The maximum atomic E-state index is 12.9. The maximum Gasteiger partial charge on any atom is 0.223 e. The molecule has 4 heteroatoms. The van der Waals surface area contributed by atoms with E-state index in [1.165, 1.54) is 25.0 Å². The maximum absolute atomic E-state index is 12.9. The van der Waals surface area contributed by atoms with Crippen LogP contribution in [-0.2, 0) is 4.79 Å². The molecule has 0 unspecified atom stereocenters. The number of carbonyl (C=O) groups is 1. The van der Waals surface area contributed by atoms with Crippen molar-refractivity contribution in [1.29, 1.82) is 0 Å². The Bertz CT molecular complexity index is 502. The van der Waals surface area contributed by atoms with Crippen LogP contribution in [0.15, 0.2) is 24.3 Å². The minimum atomic E-state index is -0.221. The smallest absolute Gasteiger partial charge is 0.223 e. The van der Waals surface area contributed by atoms with E-state index in [0.717, 1.165) is 31.6 Å². The average Bonchev–Trinajstić information content (AvgIpc) is 3.16. The van der Waals surface area contributed by atoms with Gasteiger partial charge < -0.3 is 5.32 Å². The van der Waals surface area contributed by atoms with Crippen LogP contribution in [0.25, 0.3) is 0 Å². The summed E-state index contributed by atoms with van der Waals surface area (Å²) in [6, 6.07) is 7.04. The van der Waals surface area contributed by atoms with Crippen LogP contribution in [0.2, 0.25) is 0 Å². The van der Waals surface area contributed by atoms with E-state index in [9.17, 15) is 9.18 Å². The van der Waals surface area contributed by atoms with Gasteiger partial charge in [-0.25, -0.2) is 4.39 Å². The fourth-order valence-corrected chi connectivity index (χ4v) is 3.46. The van der Waals surface area contributed by atoms with Gasteiger partial charge in [0.15, 0.2) is 0 Å². The van der Waals surface area contributed by atoms with Crippen LogP contribution < -0.4 is 5.32 Å². The van der Waals surface area contributed by atoms with Crippen LogP contribution >= 0.6 is 0 Å². The summed E-state index contributed by atoms with van der Waals surface area (Å²) in [4.78, 5) is 14.6. The van der Waals surface area contributed by atoms with Crippen molar-refractivity contribution < 1.29 is 9.18 Å². The summed E-state index contributed by atoms with van der Waals surface area (Å²) in [5.41, 5.74) is 1.08. The lowest BCUT2D eigenvalue weighted by atomic mass is 10.1. The van der Waals surface area contributed by atoms with Gasteiger partial charge in [0.25, 0.3) is 0 Å². The van der Waals surface area contributed by atoms with Crippen LogP contribution in [0.3, 0.4) is 0 Å². The van der Waals surface area contributed by atoms with E-state index in [-0.39, 0.29) is 23.6 Å². The van der Waals surface area contributed by atoms with Crippen molar-refractivity contribution in [3.8, 4) is 0 Å². The number of rotatable bonds is 5. The van der Waals surface area contributed by atoms with E-state index in [4.69, 9.17) is 0 Å². The molecule has 2 fully saturated rings. The standard InChI is InChI=1S/C17H23FN2O/c1-2-20-9-3-4-14(20)11-19-17(21)16-10-15(16)12-5-7-13(18)8-6-12/h5-8,14-16H,2-4,9-11H2,1H3,(H,19,21)/t14-,15-,16+/m1/s1. The molecule has 1 N–H and O–H groups in total. The average molecular weight is 290 g/mol. The first-order valence-electron chi connectivity index (χ1n) is 7.96. The lowest BCUT2D eigenvalue weighted by Gasteiger charge is -2.22. The van der Waals surface area contributed by atoms with Gasteiger partial charge in [-0.1, -0.05) is 19.1 Å². The number of halogens is 1. The Balaban J connectivity index is 1.48. The third-order valence-electron chi connectivity index (χ3n) is 4.84. The fourth-order valence-electron chi connectivity index (χ4n) is 3.46. The van der Waals surface area contributed by atoms with Crippen molar-refractivity contribution in [3.05, 3.63) is 35.6 Å². The van der Waals surface area contributed by atoms with E-state index in [1.807, 2.05) is 0 Å². The Labute approximate surface area is 125 Å². The van der Waals surface area contributed by atoms with Gasteiger partial charge in [0.1, 0.15) is 5.82 Å². The van der Waals surface area contributed by atoms with E-state index in [2.05, 4.69) is 17.1 Å². The first-order valence-corrected chi connectivity index (χ1v) is 7.96. The second kappa shape index (κ2) is 6.14. The summed E-state index contributed by atoms with van der Waals surface area (Å²) < 4.78 is 12.9. The Morgan fingerprint density at radius 1 is 1.38 bits per heavy atom. The molecule has 0 spiro atoms. The first kappa shape index (κ1) is 14.5. The van der Waals surface area contributed by atoms with Crippen molar-refractivity contribution in [1.82, 2.24) is 10.2 Å². The molecule has 114 valence electrons. The third kappa shape index (κ3) is 3.26. The van der Waals surface area contributed by atoms with Crippen LogP contribution in [0.1, 0.15) is 37.7 Å². The molecule has 1 aliphatic carbocycles. The van der Waals surface area contributed by atoms with Gasteiger partial charge in [-0.15, -0.1) is 0 Å². The van der Waals surface area contributed by atoms with Gasteiger partial charge in [-0.05, 0) is 56.0 Å². The molecular weight excluding hydrogens is 267 g/mol. The van der Waals surface area contributed by atoms with Crippen molar-refractivity contribution >= 4 is 5.91 Å². The minimum absolute atomic E-state index is 0.0759. The lowest BCUT2D eigenvalue weighted by molar-refractivity contribution is -0.122. The number of hydrogen-bond acceptors (Lipinski definition) is 2. The Kier molecular flexibility index (Phi) is 4.24. The third-order valence-corrected chi connectivity index (χ3v) is 4.84. The molecule has 1 amide bonds. The van der Waals surface area contributed by atoms with Gasteiger partial charge in [0.05, 0.1) is 0 Å². The topological polar surface area (TPSA) is 32.3 Å². The zero-order valence-electron chi connectivity index (χ0n) is 12.5. The number of hydrogen-bond donors (Lipinski definition) is 1. The molecule has 1 aromatic carbocycles. The molecule has 0 radical (unpaired) electrons. The quantitative estimate of drug-likeness (QED) is 0.904. The number of nitrogens with one attached hydrogen (secondary N) is 1. The molecule has 3 nitrogen and oxygen atoms in total. The number of carbonyl (C=O) groups excluding carboxylic acids is 1. The largest absolute Gasteiger partial charge is 0.354 e. The number of benzene rings is 1. The minimum Gasteiger partial charge on any atom is -0.354 e. The second-order valence-corrected chi connectivity index (χ2v) is 6.17. The highest BCUT2D eigenvalue weighted by Crippen LogP contribution is 2.47. The monoisotopic (exact) mass is 290 g/mol. The van der Waals surface area contributed by atoms with Gasteiger partial charge in [-0.3, -0.25) is 9.69 Å². The predicted octanol–water partition coefficient (Wildman–Crippen LogP) is 2.53. The van der Waals surface area contributed by atoms with Crippen LogP contribution in [0.4, 0.5) is 4.39 Å². The molecule has 1 heterocycles. The van der Waals surface area contributed by atoms with Crippen molar-refractivity contribution in [2.75, 3.05) is 19.6 Å². The van der Waals surface area contributed by atoms with Gasteiger partial charge >= 0.3 is 0 Å². The molecule has 21 heavy (non-hydrogen) atoms. The molecule has 0 bridgehead atoms.